The zero-order valence-electron chi connectivity index (χ0n) is 17.1. The van der Waals surface area contributed by atoms with Crippen molar-refractivity contribution in [3.05, 3.63) is 59.9 Å². The highest BCUT2D eigenvalue weighted by molar-refractivity contribution is 6.05. The molecule has 0 unspecified atom stereocenters. The molecule has 0 aliphatic carbocycles. The number of nitrogens with zero attached hydrogens (tertiary/aromatic N) is 4. The number of aromatic nitrogens is 2. The molecule has 0 bridgehead atoms. The van der Waals surface area contributed by atoms with E-state index in [0.29, 0.717) is 24.0 Å². The van der Waals surface area contributed by atoms with E-state index < -0.39 is 11.7 Å². The molecule has 0 spiro atoms. The van der Waals surface area contributed by atoms with Crippen LogP contribution in [0.3, 0.4) is 0 Å². The fourth-order valence-corrected chi connectivity index (χ4v) is 4.51. The number of hydrogen-bond donors (Lipinski definition) is 1. The Balaban J connectivity index is 1.23. The van der Waals surface area contributed by atoms with E-state index in [0.717, 1.165) is 19.6 Å². The van der Waals surface area contributed by atoms with Gasteiger partial charge in [-0.1, -0.05) is 36.4 Å². The largest absolute Gasteiger partial charge is 0.340 e. The van der Waals surface area contributed by atoms with E-state index in [1.165, 1.54) is 16.5 Å². The minimum Gasteiger partial charge on any atom is -0.340 e. The van der Waals surface area contributed by atoms with Gasteiger partial charge in [0.25, 0.3) is 0 Å². The number of halogens is 1. The number of carbonyl (C=O) groups is 2. The Morgan fingerprint density at radius 1 is 1.06 bits per heavy atom. The molecule has 1 N–H and O–H groups in total. The number of anilines is 1. The third-order valence-corrected chi connectivity index (χ3v) is 6.18. The molecule has 2 fully saturated rings. The number of amides is 2. The van der Waals surface area contributed by atoms with Crippen molar-refractivity contribution in [1.29, 1.82) is 0 Å². The molecule has 7 nitrogen and oxygen atoms in total. The Bertz CT molecular complexity index is 1110. The summed E-state index contributed by atoms with van der Waals surface area (Å²) in [6.07, 6.45) is 0.131. The smallest absolute Gasteiger partial charge is 0.229 e. The first-order valence-corrected chi connectivity index (χ1v) is 10.6. The van der Waals surface area contributed by atoms with Gasteiger partial charge >= 0.3 is 0 Å². The molecule has 2 aromatic carbocycles. The summed E-state index contributed by atoms with van der Waals surface area (Å²) in [6, 6.07) is 14.9. The first-order valence-electron chi connectivity index (χ1n) is 10.6. The highest BCUT2D eigenvalue weighted by atomic mass is 19.1. The Kier molecular flexibility index (Phi) is 5.15. The topological polar surface area (TPSA) is 72.5 Å². The lowest BCUT2D eigenvalue weighted by molar-refractivity contribution is -0.137. The molecular weight excluding hydrogens is 397 g/mol. The van der Waals surface area contributed by atoms with Gasteiger partial charge in [-0.3, -0.25) is 24.5 Å². The highest BCUT2D eigenvalue weighted by Gasteiger charge is 2.39. The zero-order chi connectivity index (χ0) is 21.4. The molecular formula is C23H24FN5O2. The van der Waals surface area contributed by atoms with Gasteiger partial charge in [0.2, 0.25) is 11.8 Å². The molecule has 8 heteroatoms. The van der Waals surface area contributed by atoms with Crippen molar-refractivity contribution in [2.45, 2.75) is 13.0 Å². The number of aromatic amines is 1. The van der Waals surface area contributed by atoms with E-state index in [9.17, 15) is 14.0 Å². The molecule has 0 radical (unpaired) electrons. The molecule has 1 aromatic heterocycles. The second kappa shape index (κ2) is 8.11. The third kappa shape index (κ3) is 3.79. The van der Waals surface area contributed by atoms with Crippen LogP contribution < -0.4 is 4.90 Å². The van der Waals surface area contributed by atoms with Crippen molar-refractivity contribution in [3.63, 3.8) is 0 Å². The standard InChI is InChI=1S/C23H24FN5O2/c24-18-7-4-8-19-21(18)22(26-25-19)29-15-17(13-20(29)30)23(31)28-11-9-27(10-12-28)14-16-5-2-1-3-6-16/h1-8,17H,9-15H2,(H,25,26)/t17-/m0/s1. The molecule has 5 rings (SSSR count). The van der Waals surface area contributed by atoms with Crippen LogP contribution in [0.4, 0.5) is 10.2 Å². The van der Waals surface area contributed by atoms with Gasteiger partial charge in [-0.25, -0.2) is 4.39 Å². The summed E-state index contributed by atoms with van der Waals surface area (Å²) in [5.41, 5.74) is 1.80. The maximum absolute atomic E-state index is 14.3. The zero-order valence-corrected chi connectivity index (χ0v) is 17.1. The lowest BCUT2D eigenvalue weighted by Crippen LogP contribution is -2.50. The molecule has 160 valence electrons. The maximum Gasteiger partial charge on any atom is 0.229 e. The molecule has 1 atom stereocenters. The first-order chi connectivity index (χ1) is 15.1. The van der Waals surface area contributed by atoms with Crippen LogP contribution in [0.2, 0.25) is 0 Å². The van der Waals surface area contributed by atoms with E-state index in [1.54, 1.807) is 12.1 Å². The van der Waals surface area contributed by atoms with Crippen LogP contribution in [0.5, 0.6) is 0 Å². The van der Waals surface area contributed by atoms with Gasteiger partial charge in [0.05, 0.1) is 16.8 Å². The maximum atomic E-state index is 14.3. The highest BCUT2D eigenvalue weighted by Crippen LogP contribution is 2.32. The Hall–Kier alpha value is -3.26. The van der Waals surface area contributed by atoms with Crippen molar-refractivity contribution in [2.75, 3.05) is 37.6 Å². The van der Waals surface area contributed by atoms with E-state index in [2.05, 4.69) is 27.2 Å². The van der Waals surface area contributed by atoms with Crippen molar-refractivity contribution >= 4 is 28.5 Å². The van der Waals surface area contributed by atoms with Crippen LogP contribution in [0.1, 0.15) is 12.0 Å². The molecule has 0 saturated carbocycles. The number of H-pyrrole nitrogens is 1. The van der Waals surface area contributed by atoms with Crippen LogP contribution >= 0.6 is 0 Å². The van der Waals surface area contributed by atoms with Crippen molar-refractivity contribution in [2.24, 2.45) is 5.92 Å². The molecule has 3 aromatic rings. The normalized spacial score (nSPS) is 20.0. The Morgan fingerprint density at radius 3 is 2.61 bits per heavy atom. The third-order valence-electron chi connectivity index (χ3n) is 6.18. The molecule has 2 aliphatic rings. The second-order valence-electron chi connectivity index (χ2n) is 8.20. The van der Waals surface area contributed by atoms with Crippen LogP contribution in [-0.4, -0.2) is 64.5 Å². The minimum atomic E-state index is -0.432. The lowest BCUT2D eigenvalue weighted by atomic mass is 10.1. The quantitative estimate of drug-likeness (QED) is 0.702. The van der Waals surface area contributed by atoms with Crippen molar-refractivity contribution < 1.29 is 14.0 Å². The summed E-state index contributed by atoms with van der Waals surface area (Å²) in [7, 11) is 0. The van der Waals surface area contributed by atoms with Crippen molar-refractivity contribution in [1.82, 2.24) is 20.0 Å². The van der Waals surface area contributed by atoms with Crippen LogP contribution in [0.15, 0.2) is 48.5 Å². The molecule has 2 aliphatic heterocycles. The summed E-state index contributed by atoms with van der Waals surface area (Å²) in [5, 5.41) is 7.22. The predicted octanol–water partition coefficient (Wildman–Crippen LogP) is 2.40. The number of nitrogens with one attached hydrogen (secondary N) is 1. The SMILES string of the molecule is O=C([C@H]1CC(=O)N(c2n[nH]c3cccc(F)c23)C1)N1CCN(Cc2ccccc2)CC1. The summed E-state index contributed by atoms with van der Waals surface area (Å²) >= 11 is 0. The number of rotatable bonds is 4. The van der Waals surface area contributed by atoms with Gasteiger partial charge in [0.15, 0.2) is 5.82 Å². The summed E-state index contributed by atoms with van der Waals surface area (Å²) in [6.45, 7) is 4.01. The number of piperazine rings is 1. The minimum absolute atomic E-state index is 0.00414. The van der Waals surface area contributed by atoms with Crippen LogP contribution in [0, 0.1) is 11.7 Å². The number of fused-ring (bicyclic) bond motifs is 1. The van der Waals surface area contributed by atoms with Gasteiger partial charge in [-0.05, 0) is 17.7 Å². The first kappa shape index (κ1) is 19.7. The predicted molar refractivity (Wildman–Crippen MR) is 115 cm³/mol. The number of hydrogen-bond acceptors (Lipinski definition) is 4. The van der Waals surface area contributed by atoms with E-state index in [1.807, 2.05) is 23.1 Å². The van der Waals surface area contributed by atoms with Gasteiger partial charge in [0.1, 0.15) is 5.82 Å². The molecule has 3 heterocycles. The van der Waals surface area contributed by atoms with Gasteiger partial charge in [-0.2, -0.15) is 5.10 Å². The van der Waals surface area contributed by atoms with E-state index >= 15 is 0 Å². The summed E-state index contributed by atoms with van der Waals surface area (Å²) < 4.78 is 14.3. The number of benzene rings is 2. The second-order valence-corrected chi connectivity index (χ2v) is 8.20. The Labute approximate surface area is 179 Å². The van der Waals surface area contributed by atoms with Crippen LogP contribution in [-0.2, 0) is 16.1 Å². The van der Waals surface area contributed by atoms with Crippen LogP contribution in [0.25, 0.3) is 10.9 Å². The average molecular weight is 421 g/mol. The lowest BCUT2D eigenvalue weighted by Gasteiger charge is -2.35. The molecule has 2 amide bonds. The fourth-order valence-electron chi connectivity index (χ4n) is 4.51. The summed E-state index contributed by atoms with van der Waals surface area (Å²) in [5.74, 6) is -0.792. The summed E-state index contributed by atoms with van der Waals surface area (Å²) in [4.78, 5) is 31.4. The average Bonchev–Trinajstić information content (AvgIpc) is 3.39. The Morgan fingerprint density at radius 2 is 1.84 bits per heavy atom. The molecule has 31 heavy (non-hydrogen) atoms. The number of carbonyl (C=O) groups excluding carboxylic acids is 2. The van der Waals surface area contributed by atoms with E-state index in [4.69, 9.17) is 0 Å². The van der Waals surface area contributed by atoms with Gasteiger partial charge in [0, 0.05) is 45.7 Å². The van der Waals surface area contributed by atoms with E-state index in [-0.39, 0.29) is 30.6 Å². The molecule has 2 saturated heterocycles. The van der Waals surface area contributed by atoms with Gasteiger partial charge < -0.3 is 4.90 Å². The monoisotopic (exact) mass is 421 g/mol. The van der Waals surface area contributed by atoms with Gasteiger partial charge in [-0.15, -0.1) is 0 Å². The van der Waals surface area contributed by atoms with Crippen molar-refractivity contribution in [3.8, 4) is 0 Å². The fraction of sp³-hybridized carbons (Fsp3) is 0.348.